The molecule has 21 heavy (non-hydrogen) atoms. The molecule has 3 rings (SSSR count). The molecule has 2 saturated carbocycles. The highest BCUT2D eigenvalue weighted by Crippen LogP contribution is 2.36. The second-order valence-corrected chi connectivity index (χ2v) is 7.05. The first kappa shape index (κ1) is 15.1. The van der Waals surface area contributed by atoms with Crippen LogP contribution < -0.4 is 5.32 Å². The third-order valence-corrected chi connectivity index (χ3v) is 4.93. The van der Waals surface area contributed by atoms with Gasteiger partial charge in [0.1, 0.15) is 0 Å². The van der Waals surface area contributed by atoms with Gasteiger partial charge in [0.2, 0.25) is 0 Å². The lowest BCUT2D eigenvalue weighted by Crippen LogP contribution is -2.38. The first-order chi connectivity index (χ1) is 10.3. The van der Waals surface area contributed by atoms with Crippen LogP contribution in [0.15, 0.2) is 30.3 Å². The summed E-state index contributed by atoms with van der Waals surface area (Å²) in [5.74, 6) is 1.67. The highest BCUT2D eigenvalue weighted by molar-refractivity contribution is 5.19. The van der Waals surface area contributed by atoms with Crippen molar-refractivity contribution in [1.82, 2.24) is 10.2 Å². The maximum atomic E-state index is 3.71. The van der Waals surface area contributed by atoms with Crippen LogP contribution in [0.2, 0.25) is 0 Å². The van der Waals surface area contributed by atoms with Gasteiger partial charge in [-0.1, -0.05) is 44.2 Å². The van der Waals surface area contributed by atoms with Gasteiger partial charge < -0.3 is 5.32 Å². The SMILES string of the molecule is CCNC(c1ccccc1)C(C)CN(CC1CC1)C1CC1. The Morgan fingerprint density at radius 1 is 1.14 bits per heavy atom. The van der Waals surface area contributed by atoms with Gasteiger partial charge in [-0.25, -0.2) is 0 Å². The van der Waals surface area contributed by atoms with Gasteiger partial charge in [0.15, 0.2) is 0 Å². The lowest BCUT2D eigenvalue weighted by atomic mass is 9.93. The molecule has 1 aromatic rings. The fourth-order valence-electron chi connectivity index (χ4n) is 3.45. The molecule has 2 unspecified atom stereocenters. The Balaban J connectivity index is 1.63. The minimum Gasteiger partial charge on any atom is -0.310 e. The van der Waals surface area contributed by atoms with E-state index < -0.39 is 0 Å². The Kier molecular flexibility index (Phi) is 4.97. The fourth-order valence-corrected chi connectivity index (χ4v) is 3.45. The summed E-state index contributed by atoms with van der Waals surface area (Å²) < 4.78 is 0. The monoisotopic (exact) mass is 286 g/mol. The second kappa shape index (κ2) is 6.93. The maximum absolute atomic E-state index is 3.71. The van der Waals surface area contributed by atoms with Crippen LogP contribution in [0.1, 0.15) is 51.1 Å². The standard InChI is InChI=1S/C19H30N2/c1-3-20-19(17-7-5-4-6-8-17)15(2)13-21(18-11-12-18)14-16-9-10-16/h4-8,15-16,18-20H,3,9-14H2,1-2H3. The molecule has 2 atom stereocenters. The highest BCUT2D eigenvalue weighted by atomic mass is 15.2. The molecule has 1 aromatic carbocycles. The second-order valence-electron chi connectivity index (χ2n) is 7.05. The molecule has 116 valence electrons. The van der Waals surface area contributed by atoms with Crippen molar-refractivity contribution in [2.45, 2.75) is 51.6 Å². The summed E-state index contributed by atoms with van der Waals surface area (Å²) >= 11 is 0. The molecule has 0 radical (unpaired) electrons. The van der Waals surface area contributed by atoms with E-state index >= 15 is 0 Å². The summed E-state index contributed by atoms with van der Waals surface area (Å²) in [4.78, 5) is 2.79. The van der Waals surface area contributed by atoms with E-state index in [0.29, 0.717) is 12.0 Å². The number of nitrogens with one attached hydrogen (secondary N) is 1. The summed E-state index contributed by atoms with van der Waals surface area (Å²) in [6.45, 7) is 8.26. The Labute approximate surface area is 129 Å². The van der Waals surface area contributed by atoms with Gasteiger partial charge in [0, 0.05) is 25.2 Å². The van der Waals surface area contributed by atoms with Crippen LogP contribution in [0.5, 0.6) is 0 Å². The Bertz CT molecular complexity index is 422. The van der Waals surface area contributed by atoms with Crippen molar-refractivity contribution in [3.8, 4) is 0 Å². The molecule has 2 aliphatic rings. The van der Waals surface area contributed by atoms with Crippen molar-refractivity contribution in [3.05, 3.63) is 35.9 Å². The molecule has 0 bridgehead atoms. The number of benzene rings is 1. The average molecular weight is 286 g/mol. The zero-order valence-electron chi connectivity index (χ0n) is 13.6. The van der Waals surface area contributed by atoms with Crippen LogP contribution in [0.3, 0.4) is 0 Å². The molecule has 0 spiro atoms. The first-order valence-corrected chi connectivity index (χ1v) is 8.80. The minimum absolute atomic E-state index is 0.483. The molecule has 2 aliphatic carbocycles. The van der Waals surface area contributed by atoms with Gasteiger partial charge in [-0.05, 0) is 49.6 Å². The average Bonchev–Trinajstić information content (AvgIpc) is 3.38. The van der Waals surface area contributed by atoms with Crippen LogP contribution in [0, 0.1) is 11.8 Å². The minimum atomic E-state index is 0.483. The Morgan fingerprint density at radius 2 is 1.86 bits per heavy atom. The lowest BCUT2D eigenvalue weighted by Gasteiger charge is -2.31. The van der Waals surface area contributed by atoms with Gasteiger partial charge in [0.25, 0.3) is 0 Å². The van der Waals surface area contributed by atoms with Gasteiger partial charge in [0.05, 0.1) is 0 Å². The fraction of sp³-hybridized carbons (Fsp3) is 0.684. The predicted molar refractivity (Wildman–Crippen MR) is 89.3 cm³/mol. The maximum Gasteiger partial charge on any atom is 0.0358 e. The van der Waals surface area contributed by atoms with Crippen molar-refractivity contribution >= 4 is 0 Å². The quantitative estimate of drug-likeness (QED) is 0.742. The van der Waals surface area contributed by atoms with E-state index in [1.54, 1.807) is 0 Å². The zero-order chi connectivity index (χ0) is 14.7. The lowest BCUT2D eigenvalue weighted by molar-refractivity contribution is 0.196. The van der Waals surface area contributed by atoms with Crippen LogP contribution in [-0.2, 0) is 0 Å². The van der Waals surface area contributed by atoms with E-state index in [0.717, 1.165) is 18.5 Å². The van der Waals surface area contributed by atoms with Gasteiger partial charge >= 0.3 is 0 Å². The topological polar surface area (TPSA) is 15.3 Å². The van der Waals surface area contributed by atoms with Crippen molar-refractivity contribution in [2.24, 2.45) is 11.8 Å². The first-order valence-electron chi connectivity index (χ1n) is 8.80. The van der Waals surface area contributed by atoms with Crippen molar-refractivity contribution in [3.63, 3.8) is 0 Å². The normalized spacial score (nSPS) is 21.5. The highest BCUT2D eigenvalue weighted by Gasteiger charge is 2.35. The van der Waals surface area contributed by atoms with Crippen LogP contribution in [0.25, 0.3) is 0 Å². The van der Waals surface area contributed by atoms with E-state index in [2.05, 4.69) is 54.4 Å². The van der Waals surface area contributed by atoms with Crippen LogP contribution in [-0.4, -0.2) is 30.6 Å². The third-order valence-electron chi connectivity index (χ3n) is 4.93. The Hall–Kier alpha value is -0.860. The number of hydrogen-bond acceptors (Lipinski definition) is 2. The van der Waals surface area contributed by atoms with E-state index in [1.165, 1.54) is 44.3 Å². The van der Waals surface area contributed by atoms with E-state index in [9.17, 15) is 0 Å². The third kappa shape index (κ3) is 4.31. The van der Waals surface area contributed by atoms with Gasteiger partial charge in [-0.3, -0.25) is 4.90 Å². The van der Waals surface area contributed by atoms with Crippen LogP contribution >= 0.6 is 0 Å². The van der Waals surface area contributed by atoms with E-state index in [4.69, 9.17) is 0 Å². The summed E-state index contributed by atoms with van der Waals surface area (Å²) in [6.07, 6.45) is 5.78. The molecule has 1 N–H and O–H groups in total. The largest absolute Gasteiger partial charge is 0.310 e. The number of hydrogen-bond donors (Lipinski definition) is 1. The van der Waals surface area contributed by atoms with Crippen molar-refractivity contribution < 1.29 is 0 Å². The zero-order valence-corrected chi connectivity index (χ0v) is 13.6. The number of rotatable bonds is 9. The smallest absolute Gasteiger partial charge is 0.0358 e. The van der Waals surface area contributed by atoms with E-state index in [1.807, 2.05) is 0 Å². The summed E-state index contributed by atoms with van der Waals surface area (Å²) in [7, 11) is 0. The van der Waals surface area contributed by atoms with Gasteiger partial charge in [-0.2, -0.15) is 0 Å². The number of nitrogens with zero attached hydrogens (tertiary/aromatic N) is 1. The van der Waals surface area contributed by atoms with Crippen LogP contribution in [0.4, 0.5) is 0 Å². The summed E-state index contributed by atoms with van der Waals surface area (Å²) in [5, 5.41) is 3.71. The molecule has 2 nitrogen and oxygen atoms in total. The molecular formula is C19H30N2. The van der Waals surface area contributed by atoms with Gasteiger partial charge in [-0.15, -0.1) is 0 Å². The molecule has 0 aromatic heterocycles. The molecule has 2 fully saturated rings. The molecule has 0 amide bonds. The van der Waals surface area contributed by atoms with Crippen molar-refractivity contribution in [2.75, 3.05) is 19.6 Å². The molecular weight excluding hydrogens is 256 g/mol. The van der Waals surface area contributed by atoms with E-state index in [-0.39, 0.29) is 0 Å². The van der Waals surface area contributed by atoms with Crippen molar-refractivity contribution in [1.29, 1.82) is 0 Å². The molecule has 2 heteroatoms. The molecule has 0 saturated heterocycles. The Morgan fingerprint density at radius 3 is 2.43 bits per heavy atom. The summed E-state index contributed by atoms with van der Waals surface area (Å²) in [5.41, 5.74) is 1.44. The predicted octanol–water partition coefficient (Wildman–Crippen LogP) is 3.85. The summed E-state index contributed by atoms with van der Waals surface area (Å²) in [6, 6.07) is 12.4. The molecule has 0 heterocycles. The molecule has 0 aliphatic heterocycles.